The summed E-state index contributed by atoms with van der Waals surface area (Å²) in [6.07, 6.45) is 3.05. The number of ether oxygens (including phenoxy) is 2. The van der Waals surface area contributed by atoms with Gasteiger partial charge in [0.1, 0.15) is 5.75 Å². The Kier molecular flexibility index (Phi) is 10.8. The first kappa shape index (κ1) is 25.5. The minimum absolute atomic E-state index is 0.0308. The van der Waals surface area contributed by atoms with Gasteiger partial charge in [0.05, 0.1) is 13.2 Å². The van der Waals surface area contributed by atoms with Crippen LogP contribution in [0, 0.1) is 5.92 Å². The van der Waals surface area contributed by atoms with Gasteiger partial charge >= 0.3 is 6.09 Å². The number of amides is 3. The van der Waals surface area contributed by atoms with Crippen LogP contribution in [-0.2, 0) is 9.53 Å². The van der Waals surface area contributed by atoms with E-state index < -0.39 is 0 Å². The number of carbonyl (C=O) groups excluding carboxylic acids is 3. The Hall–Kier alpha value is -2.77. The molecule has 0 atom stereocenters. The molecule has 1 aromatic rings. The molecule has 0 aliphatic carbocycles. The topological polar surface area (TPSA) is 97.0 Å². The average molecular weight is 448 g/mol. The molecule has 2 N–H and O–H groups in total. The summed E-state index contributed by atoms with van der Waals surface area (Å²) in [5.74, 6) is 1.15. The Morgan fingerprint density at radius 2 is 1.81 bits per heavy atom. The van der Waals surface area contributed by atoms with Gasteiger partial charge in [-0.15, -0.1) is 0 Å². The van der Waals surface area contributed by atoms with Gasteiger partial charge in [0.15, 0.2) is 0 Å². The van der Waals surface area contributed by atoms with Crippen molar-refractivity contribution in [2.75, 3.05) is 32.8 Å². The van der Waals surface area contributed by atoms with Crippen molar-refractivity contribution in [3.05, 3.63) is 29.8 Å². The third-order valence-electron chi connectivity index (χ3n) is 5.33. The van der Waals surface area contributed by atoms with E-state index in [-0.39, 0.29) is 23.9 Å². The molecule has 0 aromatic heterocycles. The molecule has 1 aliphatic heterocycles. The van der Waals surface area contributed by atoms with Gasteiger partial charge in [-0.25, -0.2) is 4.79 Å². The Morgan fingerprint density at radius 3 is 2.44 bits per heavy atom. The summed E-state index contributed by atoms with van der Waals surface area (Å²) in [4.78, 5) is 37.8. The molecule has 0 bridgehead atoms. The van der Waals surface area contributed by atoms with Gasteiger partial charge in [0.2, 0.25) is 5.91 Å². The lowest BCUT2D eigenvalue weighted by atomic mass is 10.1. The Morgan fingerprint density at radius 1 is 1.12 bits per heavy atom. The normalized spacial score (nSPS) is 14.2. The number of likely N-dealkylation sites (tertiary alicyclic amines) is 1. The summed E-state index contributed by atoms with van der Waals surface area (Å²) >= 11 is 0. The van der Waals surface area contributed by atoms with E-state index in [9.17, 15) is 14.4 Å². The first-order chi connectivity index (χ1) is 15.4. The number of benzene rings is 1. The fourth-order valence-electron chi connectivity index (χ4n) is 3.39. The monoisotopic (exact) mass is 447 g/mol. The molecule has 178 valence electrons. The molecule has 0 saturated carbocycles. The Bertz CT molecular complexity index is 728. The Balaban J connectivity index is 1.59. The predicted molar refractivity (Wildman–Crippen MR) is 123 cm³/mol. The van der Waals surface area contributed by atoms with Gasteiger partial charge in [0.25, 0.3) is 5.91 Å². The van der Waals surface area contributed by atoms with Crippen LogP contribution in [0.2, 0.25) is 0 Å². The highest BCUT2D eigenvalue weighted by atomic mass is 16.6. The third kappa shape index (κ3) is 9.16. The molecule has 2 rings (SSSR count). The second-order valence-electron chi connectivity index (χ2n) is 8.44. The maximum Gasteiger partial charge on any atom is 0.409 e. The van der Waals surface area contributed by atoms with Crippen molar-refractivity contribution in [1.29, 1.82) is 0 Å². The van der Waals surface area contributed by atoms with Crippen molar-refractivity contribution in [3.8, 4) is 5.75 Å². The van der Waals surface area contributed by atoms with Gasteiger partial charge in [-0.05, 0) is 62.8 Å². The van der Waals surface area contributed by atoms with Crippen LogP contribution in [0.5, 0.6) is 5.75 Å². The molecule has 0 radical (unpaired) electrons. The number of nitrogens with zero attached hydrogens (tertiary/aromatic N) is 1. The van der Waals surface area contributed by atoms with Gasteiger partial charge in [0, 0.05) is 37.7 Å². The molecule has 8 nitrogen and oxygen atoms in total. The minimum Gasteiger partial charge on any atom is -0.494 e. The molecule has 1 fully saturated rings. The first-order valence-electron chi connectivity index (χ1n) is 11.6. The van der Waals surface area contributed by atoms with Crippen LogP contribution >= 0.6 is 0 Å². The molecular formula is C24H37N3O5. The molecule has 1 aliphatic rings. The SMILES string of the molecule is CCOC(=O)N1CCC(NC(=O)CCCNC(=O)c2ccc(OCCC(C)C)cc2)CC1. The summed E-state index contributed by atoms with van der Waals surface area (Å²) in [5, 5.41) is 5.86. The largest absolute Gasteiger partial charge is 0.494 e. The van der Waals surface area contributed by atoms with Gasteiger partial charge in [-0.3, -0.25) is 9.59 Å². The van der Waals surface area contributed by atoms with Crippen molar-refractivity contribution in [3.63, 3.8) is 0 Å². The first-order valence-corrected chi connectivity index (χ1v) is 11.6. The number of piperidine rings is 1. The van der Waals surface area contributed by atoms with E-state index in [2.05, 4.69) is 24.5 Å². The molecule has 1 heterocycles. The van der Waals surface area contributed by atoms with Crippen molar-refractivity contribution in [2.45, 2.75) is 58.9 Å². The summed E-state index contributed by atoms with van der Waals surface area (Å²) in [5.41, 5.74) is 0.569. The van der Waals surface area contributed by atoms with E-state index in [0.717, 1.165) is 25.0 Å². The van der Waals surface area contributed by atoms with E-state index >= 15 is 0 Å². The zero-order valence-corrected chi connectivity index (χ0v) is 19.5. The standard InChI is InChI=1S/C24H37N3O5/c1-4-31-24(30)27-15-11-20(12-16-27)26-22(28)6-5-14-25-23(29)19-7-9-21(10-8-19)32-17-13-18(2)3/h7-10,18,20H,4-6,11-17H2,1-3H3,(H,25,29)(H,26,28). The number of rotatable bonds is 11. The van der Waals surface area contributed by atoms with Crippen molar-refractivity contribution < 1.29 is 23.9 Å². The van der Waals surface area contributed by atoms with Gasteiger partial charge in [-0.2, -0.15) is 0 Å². The zero-order chi connectivity index (χ0) is 23.3. The average Bonchev–Trinajstić information content (AvgIpc) is 2.77. The van der Waals surface area contributed by atoms with Crippen molar-refractivity contribution >= 4 is 17.9 Å². The van der Waals surface area contributed by atoms with Crippen LogP contribution in [0.4, 0.5) is 4.79 Å². The maximum atomic E-state index is 12.3. The molecular weight excluding hydrogens is 410 g/mol. The van der Waals surface area contributed by atoms with Crippen molar-refractivity contribution in [1.82, 2.24) is 15.5 Å². The quantitative estimate of drug-likeness (QED) is 0.507. The van der Waals surface area contributed by atoms with E-state index in [1.54, 1.807) is 36.1 Å². The van der Waals surface area contributed by atoms with E-state index in [1.165, 1.54) is 0 Å². The lowest BCUT2D eigenvalue weighted by Gasteiger charge is -2.31. The molecule has 3 amide bonds. The highest BCUT2D eigenvalue weighted by Gasteiger charge is 2.24. The molecule has 32 heavy (non-hydrogen) atoms. The van der Waals surface area contributed by atoms with Crippen LogP contribution in [0.15, 0.2) is 24.3 Å². The van der Waals surface area contributed by atoms with E-state index in [4.69, 9.17) is 9.47 Å². The molecule has 1 saturated heterocycles. The molecule has 1 aromatic carbocycles. The molecule has 0 unspecified atom stereocenters. The fraction of sp³-hybridized carbons (Fsp3) is 0.625. The summed E-state index contributed by atoms with van der Waals surface area (Å²) in [6.45, 7) is 8.71. The van der Waals surface area contributed by atoms with Crippen LogP contribution in [-0.4, -0.2) is 61.7 Å². The lowest BCUT2D eigenvalue weighted by Crippen LogP contribution is -2.46. The smallest absolute Gasteiger partial charge is 0.409 e. The summed E-state index contributed by atoms with van der Waals surface area (Å²) < 4.78 is 10.7. The highest BCUT2D eigenvalue weighted by molar-refractivity contribution is 5.94. The molecule has 0 spiro atoms. The van der Waals surface area contributed by atoms with Gasteiger partial charge in [-0.1, -0.05) is 13.8 Å². The summed E-state index contributed by atoms with van der Waals surface area (Å²) in [6, 6.07) is 7.17. The zero-order valence-electron chi connectivity index (χ0n) is 19.5. The fourth-order valence-corrected chi connectivity index (χ4v) is 3.39. The lowest BCUT2D eigenvalue weighted by molar-refractivity contribution is -0.122. The number of hydrogen-bond acceptors (Lipinski definition) is 5. The second-order valence-corrected chi connectivity index (χ2v) is 8.44. The Labute approximate surface area is 191 Å². The van der Waals surface area contributed by atoms with E-state index in [1.807, 2.05) is 0 Å². The number of carbonyl (C=O) groups is 3. The highest BCUT2D eigenvalue weighted by Crippen LogP contribution is 2.14. The number of hydrogen-bond donors (Lipinski definition) is 2. The predicted octanol–water partition coefficient (Wildman–Crippen LogP) is 3.36. The van der Waals surface area contributed by atoms with Crippen LogP contribution < -0.4 is 15.4 Å². The van der Waals surface area contributed by atoms with Gasteiger partial charge < -0.3 is 25.0 Å². The van der Waals surface area contributed by atoms with Crippen LogP contribution in [0.1, 0.15) is 63.2 Å². The third-order valence-corrected chi connectivity index (χ3v) is 5.33. The van der Waals surface area contributed by atoms with E-state index in [0.29, 0.717) is 57.2 Å². The van der Waals surface area contributed by atoms with Crippen LogP contribution in [0.25, 0.3) is 0 Å². The minimum atomic E-state index is -0.290. The number of nitrogens with one attached hydrogen (secondary N) is 2. The molecule has 8 heteroatoms. The maximum absolute atomic E-state index is 12.3. The second kappa shape index (κ2) is 13.6. The van der Waals surface area contributed by atoms with Crippen LogP contribution in [0.3, 0.4) is 0 Å². The summed E-state index contributed by atoms with van der Waals surface area (Å²) in [7, 11) is 0. The van der Waals surface area contributed by atoms with Crippen molar-refractivity contribution in [2.24, 2.45) is 5.92 Å².